The summed E-state index contributed by atoms with van der Waals surface area (Å²) < 4.78 is 27.9. The standard InChI is InChI=1S/C21H23N3O2S/c1-15-9-10-16(2)20(13-15)27(25,26)24-21-12-11-19(14-22-21)23-17(3)18-7-5-4-6-8-18/h4-14,17,23H,1-3H3,(H,22,24). The van der Waals surface area contributed by atoms with Crippen molar-refractivity contribution in [3.05, 3.63) is 83.6 Å². The number of hydrogen-bond donors (Lipinski definition) is 2. The maximum Gasteiger partial charge on any atom is 0.263 e. The summed E-state index contributed by atoms with van der Waals surface area (Å²) >= 11 is 0. The van der Waals surface area contributed by atoms with E-state index < -0.39 is 10.0 Å². The van der Waals surface area contributed by atoms with Crippen LogP contribution in [0.1, 0.15) is 29.7 Å². The Balaban J connectivity index is 1.73. The number of sulfonamides is 1. The largest absolute Gasteiger partial charge is 0.377 e. The second-order valence-corrected chi connectivity index (χ2v) is 8.23. The van der Waals surface area contributed by atoms with Crippen LogP contribution in [-0.2, 0) is 10.0 Å². The monoisotopic (exact) mass is 381 g/mol. The zero-order chi connectivity index (χ0) is 19.4. The van der Waals surface area contributed by atoms with E-state index in [0.29, 0.717) is 5.56 Å². The second kappa shape index (κ2) is 7.80. The van der Waals surface area contributed by atoms with Gasteiger partial charge in [0.15, 0.2) is 0 Å². The summed E-state index contributed by atoms with van der Waals surface area (Å²) in [5, 5.41) is 3.36. The lowest BCUT2D eigenvalue weighted by Gasteiger charge is -2.16. The number of aromatic nitrogens is 1. The summed E-state index contributed by atoms with van der Waals surface area (Å²) in [4.78, 5) is 4.50. The van der Waals surface area contributed by atoms with Gasteiger partial charge in [0, 0.05) is 6.04 Å². The maximum absolute atomic E-state index is 12.7. The molecule has 0 amide bonds. The molecule has 0 spiro atoms. The molecule has 0 fully saturated rings. The fourth-order valence-electron chi connectivity index (χ4n) is 2.80. The van der Waals surface area contributed by atoms with Crippen molar-refractivity contribution in [2.75, 3.05) is 10.0 Å². The molecule has 0 saturated carbocycles. The van der Waals surface area contributed by atoms with Crippen molar-refractivity contribution in [1.82, 2.24) is 4.98 Å². The lowest BCUT2D eigenvalue weighted by molar-refractivity contribution is 0.600. The quantitative estimate of drug-likeness (QED) is 0.651. The van der Waals surface area contributed by atoms with Crippen molar-refractivity contribution < 1.29 is 8.42 Å². The van der Waals surface area contributed by atoms with Crippen molar-refractivity contribution in [2.24, 2.45) is 0 Å². The van der Waals surface area contributed by atoms with Crippen molar-refractivity contribution in [2.45, 2.75) is 31.7 Å². The molecule has 27 heavy (non-hydrogen) atoms. The van der Waals surface area contributed by atoms with Gasteiger partial charge >= 0.3 is 0 Å². The first-order valence-corrected chi connectivity index (χ1v) is 10.2. The molecule has 1 atom stereocenters. The zero-order valence-electron chi connectivity index (χ0n) is 15.6. The van der Waals surface area contributed by atoms with Crippen LogP contribution in [0, 0.1) is 13.8 Å². The normalized spacial score (nSPS) is 12.4. The molecule has 1 aromatic heterocycles. The predicted octanol–water partition coefficient (Wildman–Crippen LogP) is 4.67. The first-order valence-electron chi connectivity index (χ1n) is 8.73. The van der Waals surface area contributed by atoms with Crippen LogP contribution in [0.25, 0.3) is 0 Å². The van der Waals surface area contributed by atoms with Crippen molar-refractivity contribution in [3.8, 4) is 0 Å². The molecule has 0 aliphatic carbocycles. The highest BCUT2D eigenvalue weighted by Gasteiger charge is 2.17. The van der Waals surface area contributed by atoms with E-state index in [2.05, 4.69) is 34.1 Å². The predicted molar refractivity (Wildman–Crippen MR) is 109 cm³/mol. The van der Waals surface area contributed by atoms with Crippen LogP contribution < -0.4 is 10.0 Å². The lowest BCUT2D eigenvalue weighted by atomic mass is 10.1. The minimum atomic E-state index is -3.68. The Morgan fingerprint density at radius 2 is 1.70 bits per heavy atom. The molecule has 5 nitrogen and oxygen atoms in total. The average molecular weight is 382 g/mol. The first kappa shape index (κ1) is 18.9. The minimum absolute atomic E-state index is 0.116. The minimum Gasteiger partial charge on any atom is -0.377 e. The van der Waals surface area contributed by atoms with Crippen LogP contribution in [0.2, 0.25) is 0 Å². The highest BCUT2D eigenvalue weighted by molar-refractivity contribution is 7.92. The van der Waals surface area contributed by atoms with Gasteiger partial charge in [-0.3, -0.25) is 4.72 Å². The molecule has 0 radical (unpaired) electrons. The van der Waals surface area contributed by atoms with Gasteiger partial charge in [-0.05, 0) is 55.7 Å². The number of hydrogen-bond acceptors (Lipinski definition) is 4. The number of nitrogens with zero attached hydrogens (tertiary/aromatic N) is 1. The molecule has 6 heteroatoms. The summed E-state index contributed by atoms with van der Waals surface area (Å²) in [6.07, 6.45) is 1.63. The third-order valence-electron chi connectivity index (χ3n) is 4.32. The number of benzene rings is 2. The summed E-state index contributed by atoms with van der Waals surface area (Å²) in [5.74, 6) is 0.286. The smallest absolute Gasteiger partial charge is 0.263 e. The van der Waals surface area contributed by atoms with Crippen molar-refractivity contribution >= 4 is 21.5 Å². The molecule has 0 aliphatic rings. The Labute approximate surface area is 160 Å². The molecular weight excluding hydrogens is 358 g/mol. The lowest BCUT2D eigenvalue weighted by Crippen LogP contribution is -2.15. The molecule has 1 heterocycles. The van der Waals surface area contributed by atoms with E-state index in [1.54, 1.807) is 31.3 Å². The van der Waals surface area contributed by atoms with Gasteiger partial charge in [0.2, 0.25) is 0 Å². The second-order valence-electron chi connectivity index (χ2n) is 6.58. The third kappa shape index (κ3) is 4.65. The van der Waals surface area contributed by atoms with Gasteiger partial charge in [-0.1, -0.05) is 42.5 Å². The molecule has 2 aromatic carbocycles. The van der Waals surface area contributed by atoms with Gasteiger partial charge < -0.3 is 5.32 Å². The molecule has 0 aliphatic heterocycles. The van der Waals surface area contributed by atoms with Crippen LogP contribution in [0.3, 0.4) is 0 Å². The number of anilines is 2. The van der Waals surface area contributed by atoms with Gasteiger partial charge in [0.05, 0.1) is 16.8 Å². The van der Waals surface area contributed by atoms with Crippen LogP contribution in [0.4, 0.5) is 11.5 Å². The fourth-order valence-corrected chi connectivity index (χ4v) is 4.14. The number of aryl methyl sites for hydroxylation is 2. The summed E-state index contributed by atoms with van der Waals surface area (Å²) in [6.45, 7) is 5.71. The van der Waals surface area contributed by atoms with Gasteiger partial charge in [0.1, 0.15) is 5.82 Å². The van der Waals surface area contributed by atoms with E-state index >= 15 is 0 Å². The number of rotatable bonds is 6. The summed E-state index contributed by atoms with van der Waals surface area (Å²) in [6, 6.07) is 19.0. The van der Waals surface area contributed by atoms with Crippen molar-refractivity contribution in [3.63, 3.8) is 0 Å². The van der Waals surface area contributed by atoms with E-state index in [-0.39, 0.29) is 16.8 Å². The molecule has 3 aromatic rings. The molecule has 0 saturated heterocycles. The van der Waals surface area contributed by atoms with E-state index in [1.165, 1.54) is 0 Å². The first-order chi connectivity index (χ1) is 12.8. The molecule has 3 rings (SSSR count). The van der Waals surface area contributed by atoms with Crippen LogP contribution >= 0.6 is 0 Å². The Morgan fingerprint density at radius 1 is 0.963 bits per heavy atom. The maximum atomic E-state index is 12.7. The van der Waals surface area contributed by atoms with E-state index in [1.807, 2.05) is 37.3 Å². The Morgan fingerprint density at radius 3 is 2.37 bits per heavy atom. The van der Waals surface area contributed by atoms with Crippen LogP contribution in [0.15, 0.2) is 71.8 Å². The highest BCUT2D eigenvalue weighted by atomic mass is 32.2. The molecule has 1 unspecified atom stereocenters. The molecule has 140 valence electrons. The Hall–Kier alpha value is -2.86. The van der Waals surface area contributed by atoms with Crippen LogP contribution in [-0.4, -0.2) is 13.4 Å². The van der Waals surface area contributed by atoms with E-state index in [4.69, 9.17) is 0 Å². The van der Waals surface area contributed by atoms with Gasteiger partial charge in [-0.25, -0.2) is 13.4 Å². The van der Waals surface area contributed by atoms with E-state index in [9.17, 15) is 8.42 Å². The zero-order valence-corrected chi connectivity index (χ0v) is 16.4. The molecule has 2 N–H and O–H groups in total. The van der Waals surface area contributed by atoms with Gasteiger partial charge in [0.25, 0.3) is 10.0 Å². The highest BCUT2D eigenvalue weighted by Crippen LogP contribution is 2.22. The number of pyridine rings is 1. The average Bonchev–Trinajstić information content (AvgIpc) is 2.65. The molecule has 0 bridgehead atoms. The van der Waals surface area contributed by atoms with Gasteiger partial charge in [-0.2, -0.15) is 0 Å². The van der Waals surface area contributed by atoms with Crippen LogP contribution in [0.5, 0.6) is 0 Å². The van der Waals surface area contributed by atoms with Gasteiger partial charge in [-0.15, -0.1) is 0 Å². The third-order valence-corrected chi connectivity index (χ3v) is 5.82. The SMILES string of the molecule is Cc1ccc(C)c(S(=O)(=O)Nc2ccc(NC(C)c3ccccc3)cn2)c1. The van der Waals surface area contributed by atoms with Crippen molar-refractivity contribution in [1.29, 1.82) is 0 Å². The van der Waals surface area contributed by atoms with E-state index in [0.717, 1.165) is 16.8 Å². The summed E-state index contributed by atoms with van der Waals surface area (Å²) in [5.41, 5.74) is 3.57. The molecular formula is C21H23N3O2S. The fraction of sp³-hybridized carbons (Fsp3) is 0.190. The Kier molecular flexibility index (Phi) is 5.46. The Bertz CT molecular complexity index is 1020. The topological polar surface area (TPSA) is 71.1 Å². The summed E-state index contributed by atoms with van der Waals surface area (Å²) in [7, 11) is -3.68. The number of nitrogens with one attached hydrogen (secondary N) is 2.